The number of carbonyl (C=O) groups is 1. The minimum Gasteiger partial charge on any atom is -0.497 e. The smallest absolute Gasteiger partial charge is 0.337 e. The Morgan fingerprint density at radius 3 is 2.44 bits per heavy atom. The molecule has 0 aliphatic carbocycles. The van der Waals surface area contributed by atoms with Crippen LogP contribution in [0.25, 0.3) is 22.3 Å². The normalized spacial score (nSPS) is 11.4. The van der Waals surface area contributed by atoms with Gasteiger partial charge in [-0.1, -0.05) is 6.07 Å². The summed E-state index contributed by atoms with van der Waals surface area (Å²) in [5.74, 6) is 1.74. The van der Waals surface area contributed by atoms with Crippen molar-refractivity contribution in [3.05, 3.63) is 83.7 Å². The van der Waals surface area contributed by atoms with Gasteiger partial charge in [0, 0.05) is 17.0 Å². The number of fused-ring (bicyclic) bond motifs is 1. The van der Waals surface area contributed by atoms with Gasteiger partial charge in [0.15, 0.2) is 0 Å². The first kappa shape index (κ1) is 21.2. The number of carbonyl (C=O) groups excluding carboxylic acids is 1. The van der Waals surface area contributed by atoms with Gasteiger partial charge < -0.3 is 18.6 Å². The minimum atomic E-state index is -0.410. The maximum atomic E-state index is 11.9. The van der Waals surface area contributed by atoms with Crippen LogP contribution in [-0.2, 0) is 4.74 Å². The number of rotatable bonds is 6. The lowest BCUT2D eigenvalue weighted by atomic mass is 10.1. The standard InChI is InChI=1S/C26H23NO5/c1-4-31-21-12-13-24-22(15-21)23(27-19-7-5-6-18(14-19)26(28)30-3)16-25(32-24)17-8-10-20(29-2)11-9-17/h5-16H,4H2,1-3H3. The number of benzene rings is 3. The van der Waals surface area contributed by atoms with E-state index in [-0.39, 0.29) is 0 Å². The van der Waals surface area contributed by atoms with E-state index in [0.29, 0.717) is 34.6 Å². The molecule has 0 atom stereocenters. The molecular weight excluding hydrogens is 406 g/mol. The van der Waals surface area contributed by atoms with Crippen LogP contribution in [0, 0.1) is 0 Å². The maximum absolute atomic E-state index is 11.9. The zero-order chi connectivity index (χ0) is 22.5. The van der Waals surface area contributed by atoms with Crippen molar-refractivity contribution in [2.45, 2.75) is 6.92 Å². The summed E-state index contributed by atoms with van der Waals surface area (Å²) in [6.07, 6.45) is 0. The average molecular weight is 429 g/mol. The molecule has 4 rings (SSSR count). The first-order chi connectivity index (χ1) is 15.6. The van der Waals surface area contributed by atoms with Gasteiger partial charge in [0.1, 0.15) is 22.8 Å². The molecule has 162 valence electrons. The van der Waals surface area contributed by atoms with E-state index in [0.717, 1.165) is 22.4 Å². The highest BCUT2D eigenvalue weighted by atomic mass is 16.5. The predicted octanol–water partition coefficient (Wildman–Crippen LogP) is 5.53. The van der Waals surface area contributed by atoms with E-state index < -0.39 is 5.97 Å². The summed E-state index contributed by atoms with van der Waals surface area (Å²) in [7, 11) is 2.99. The van der Waals surface area contributed by atoms with Crippen molar-refractivity contribution >= 4 is 22.6 Å². The van der Waals surface area contributed by atoms with E-state index in [1.807, 2.05) is 61.5 Å². The molecule has 4 aromatic rings. The second-order valence-electron chi connectivity index (χ2n) is 6.97. The number of esters is 1. The molecule has 6 nitrogen and oxygen atoms in total. The molecule has 0 unspecified atom stereocenters. The summed E-state index contributed by atoms with van der Waals surface area (Å²) in [4.78, 5) is 16.8. The number of hydrogen-bond donors (Lipinski definition) is 0. The predicted molar refractivity (Wildman–Crippen MR) is 122 cm³/mol. The van der Waals surface area contributed by atoms with E-state index in [1.54, 1.807) is 25.3 Å². The molecular formula is C26H23NO5. The second-order valence-corrected chi connectivity index (χ2v) is 6.97. The Hall–Kier alpha value is -4.06. The van der Waals surface area contributed by atoms with Gasteiger partial charge in [0.25, 0.3) is 0 Å². The second kappa shape index (κ2) is 9.39. The molecule has 0 aliphatic rings. The largest absolute Gasteiger partial charge is 0.497 e. The molecule has 0 fully saturated rings. The molecule has 0 radical (unpaired) electrons. The molecule has 0 amide bonds. The highest BCUT2D eigenvalue weighted by Gasteiger charge is 2.09. The molecule has 3 aromatic carbocycles. The molecule has 1 aromatic heterocycles. The average Bonchev–Trinajstić information content (AvgIpc) is 2.84. The van der Waals surface area contributed by atoms with Crippen LogP contribution in [0.3, 0.4) is 0 Å². The third kappa shape index (κ3) is 4.49. The molecule has 0 spiro atoms. The lowest BCUT2D eigenvalue weighted by molar-refractivity contribution is 0.0600. The summed E-state index contributed by atoms with van der Waals surface area (Å²) >= 11 is 0. The summed E-state index contributed by atoms with van der Waals surface area (Å²) < 4.78 is 21.9. The zero-order valence-electron chi connectivity index (χ0n) is 18.1. The SMILES string of the molecule is CCOc1ccc2oc(-c3ccc(OC)cc3)cc(=Nc3cccc(C(=O)OC)c3)c2c1. The summed E-state index contributed by atoms with van der Waals surface area (Å²) in [5, 5.41) is 1.50. The lowest BCUT2D eigenvalue weighted by Crippen LogP contribution is -2.05. The maximum Gasteiger partial charge on any atom is 0.337 e. The number of hydrogen-bond acceptors (Lipinski definition) is 6. The molecule has 0 N–H and O–H groups in total. The van der Waals surface area contributed by atoms with E-state index in [2.05, 4.69) is 0 Å². The molecule has 1 heterocycles. The van der Waals surface area contributed by atoms with Gasteiger partial charge in [-0.2, -0.15) is 0 Å². The van der Waals surface area contributed by atoms with Crippen LogP contribution in [0.4, 0.5) is 5.69 Å². The van der Waals surface area contributed by atoms with Crippen molar-refractivity contribution in [1.82, 2.24) is 0 Å². The van der Waals surface area contributed by atoms with Crippen molar-refractivity contribution in [3.63, 3.8) is 0 Å². The van der Waals surface area contributed by atoms with Crippen LogP contribution >= 0.6 is 0 Å². The fourth-order valence-electron chi connectivity index (χ4n) is 3.35. The molecule has 0 saturated heterocycles. The molecule has 32 heavy (non-hydrogen) atoms. The third-order valence-corrected chi connectivity index (χ3v) is 4.92. The van der Waals surface area contributed by atoms with Gasteiger partial charge in [0.2, 0.25) is 0 Å². The van der Waals surface area contributed by atoms with Crippen LogP contribution < -0.4 is 14.8 Å². The summed E-state index contributed by atoms with van der Waals surface area (Å²) in [5.41, 5.74) is 2.62. The minimum absolute atomic E-state index is 0.410. The first-order valence-corrected chi connectivity index (χ1v) is 10.2. The Labute approximate surface area is 185 Å². The first-order valence-electron chi connectivity index (χ1n) is 10.2. The highest BCUT2D eigenvalue weighted by Crippen LogP contribution is 2.27. The molecule has 6 heteroatoms. The molecule has 0 aliphatic heterocycles. The van der Waals surface area contributed by atoms with Crippen LogP contribution in [0.5, 0.6) is 11.5 Å². The fourth-order valence-corrected chi connectivity index (χ4v) is 3.35. The topological polar surface area (TPSA) is 70.3 Å². The van der Waals surface area contributed by atoms with Gasteiger partial charge in [-0.05, 0) is 67.6 Å². The highest BCUT2D eigenvalue weighted by molar-refractivity contribution is 5.90. The summed E-state index contributed by atoms with van der Waals surface area (Å²) in [6, 6.07) is 22.1. The van der Waals surface area contributed by atoms with E-state index in [9.17, 15) is 4.79 Å². The van der Waals surface area contributed by atoms with Crippen LogP contribution in [0.2, 0.25) is 0 Å². The molecule has 0 bridgehead atoms. The quantitative estimate of drug-likeness (QED) is 0.377. The number of nitrogens with zero attached hydrogens (tertiary/aromatic N) is 1. The van der Waals surface area contributed by atoms with Crippen molar-refractivity contribution in [2.75, 3.05) is 20.8 Å². The monoisotopic (exact) mass is 429 g/mol. The Kier molecular flexibility index (Phi) is 6.22. The van der Waals surface area contributed by atoms with Crippen LogP contribution in [0.1, 0.15) is 17.3 Å². The third-order valence-electron chi connectivity index (χ3n) is 4.92. The van der Waals surface area contributed by atoms with Crippen LogP contribution in [0.15, 0.2) is 82.2 Å². The van der Waals surface area contributed by atoms with Crippen LogP contribution in [-0.4, -0.2) is 26.8 Å². The Morgan fingerprint density at radius 2 is 1.72 bits per heavy atom. The van der Waals surface area contributed by atoms with Gasteiger partial charge in [-0.25, -0.2) is 9.79 Å². The van der Waals surface area contributed by atoms with Gasteiger partial charge in [-0.15, -0.1) is 0 Å². The Balaban J connectivity index is 1.92. The number of methoxy groups -OCH3 is 2. The van der Waals surface area contributed by atoms with E-state index in [4.69, 9.17) is 23.6 Å². The lowest BCUT2D eigenvalue weighted by Gasteiger charge is -2.08. The zero-order valence-corrected chi connectivity index (χ0v) is 18.1. The number of ether oxygens (including phenoxy) is 3. The summed E-state index contributed by atoms with van der Waals surface area (Å²) in [6.45, 7) is 2.49. The molecule has 0 saturated carbocycles. The van der Waals surface area contributed by atoms with Crippen molar-refractivity contribution in [2.24, 2.45) is 4.99 Å². The Bertz CT molecular complexity index is 1320. The fraction of sp³-hybridized carbons (Fsp3) is 0.154. The van der Waals surface area contributed by atoms with Crippen molar-refractivity contribution in [1.29, 1.82) is 0 Å². The van der Waals surface area contributed by atoms with E-state index >= 15 is 0 Å². The van der Waals surface area contributed by atoms with Gasteiger partial charge in [0.05, 0.1) is 37.4 Å². The van der Waals surface area contributed by atoms with Crippen molar-refractivity contribution < 1.29 is 23.4 Å². The van der Waals surface area contributed by atoms with E-state index in [1.165, 1.54) is 7.11 Å². The van der Waals surface area contributed by atoms with Crippen molar-refractivity contribution in [3.8, 4) is 22.8 Å². The van der Waals surface area contributed by atoms with Gasteiger partial charge >= 0.3 is 5.97 Å². The van der Waals surface area contributed by atoms with Gasteiger partial charge in [-0.3, -0.25) is 0 Å². The Morgan fingerprint density at radius 1 is 0.938 bits per heavy atom.